The van der Waals surface area contributed by atoms with Crippen molar-refractivity contribution in [3.63, 3.8) is 0 Å². The van der Waals surface area contributed by atoms with Gasteiger partial charge in [-0.2, -0.15) is 0 Å². The second-order valence-corrected chi connectivity index (χ2v) is 3.90. The zero-order chi connectivity index (χ0) is 12.0. The Labute approximate surface area is 97.0 Å². The predicted octanol–water partition coefficient (Wildman–Crippen LogP) is 2.02. The number of hydrogen-bond donors (Lipinski definition) is 0. The molecular formula is C13H19NO2. The van der Waals surface area contributed by atoms with Gasteiger partial charge in [0.25, 0.3) is 0 Å². The monoisotopic (exact) mass is 221 g/mol. The summed E-state index contributed by atoms with van der Waals surface area (Å²) in [4.78, 5) is 12.3. The van der Waals surface area contributed by atoms with Crippen LogP contribution >= 0.6 is 0 Å². The van der Waals surface area contributed by atoms with Crippen LogP contribution in [0.25, 0.3) is 0 Å². The summed E-state index contributed by atoms with van der Waals surface area (Å²) in [6, 6.07) is 6.13. The van der Waals surface area contributed by atoms with Gasteiger partial charge >= 0.3 is 0 Å². The van der Waals surface area contributed by atoms with Crippen molar-refractivity contribution in [2.75, 3.05) is 20.2 Å². The zero-order valence-corrected chi connectivity index (χ0v) is 10.2. The summed E-state index contributed by atoms with van der Waals surface area (Å²) >= 11 is 0. The van der Waals surface area contributed by atoms with E-state index in [-0.39, 0.29) is 0 Å². The van der Waals surface area contributed by atoms with Gasteiger partial charge in [-0.25, -0.2) is 0 Å². The van der Waals surface area contributed by atoms with E-state index in [1.807, 2.05) is 37.9 Å². The van der Waals surface area contributed by atoms with Crippen LogP contribution in [0, 0.1) is 6.92 Å². The van der Waals surface area contributed by atoms with E-state index >= 15 is 0 Å². The van der Waals surface area contributed by atoms with Crippen molar-refractivity contribution in [2.24, 2.45) is 0 Å². The summed E-state index contributed by atoms with van der Waals surface area (Å²) in [5.74, 6) is 0.935. The Morgan fingerprint density at radius 1 is 1.44 bits per heavy atom. The molecule has 0 radical (unpaired) electrons. The molecule has 0 amide bonds. The molecule has 3 nitrogen and oxygen atoms in total. The average Bonchev–Trinajstić information content (AvgIpc) is 2.22. The van der Waals surface area contributed by atoms with Crippen LogP contribution in [-0.2, 0) is 11.3 Å². The quantitative estimate of drug-likeness (QED) is 0.688. The highest BCUT2D eigenvalue weighted by Crippen LogP contribution is 2.19. The van der Waals surface area contributed by atoms with Crippen molar-refractivity contribution in [1.29, 1.82) is 0 Å². The molecule has 0 aliphatic carbocycles. The standard InChI is InChI=1S/C13H19NO2/c1-4-16-13-6-5-12(9-11(13)2)10-14(3)7-8-15/h5-6,8-9H,4,7,10H2,1-3H3. The third kappa shape index (κ3) is 3.66. The number of hydrogen-bond acceptors (Lipinski definition) is 3. The van der Waals surface area contributed by atoms with Gasteiger partial charge < -0.3 is 9.53 Å². The van der Waals surface area contributed by atoms with Crippen LogP contribution in [0.15, 0.2) is 18.2 Å². The second kappa shape index (κ2) is 6.28. The molecule has 16 heavy (non-hydrogen) atoms. The van der Waals surface area contributed by atoms with Gasteiger partial charge in [0.1, 0.15) is 12.0 Å². The molecule has 0 atom stereocenters. The van der Waals surface area contributed by atoms with Crippen molar-refractivity contribution in [1.82, 2.24) is 4.90 Å². The SMILES string of the molecule is CCOc1ccc(CN(C)CC=O)cc1C. The van der Waals surface area contributed by atoms with E-state index in [0.717, 1.165) is 24.1 Å². The summed E-state index contributed by atoms with van der Waals surface area (Å²) < 4.78 is 5.47. The Morgan fingerprint density at radius 2 is 2.19 bits per heavy atom. The van der Waals surface area contributed by atoms with Gasteiger partial charge in [-0.1, -0.05) is 12.1 Å². The fraction of sp³-hybridized carbons (Fsp3) is 0.462. The van der Waals surface area contributed by atoms with E-state index in [1.54, 1.807) is 0 Å². The molecule has 0 heterocycles. The molecule has 88 valence electrons. The highest BCUT2D eigenvalue weighted by Gasteiger charge is 2.03. The minimum absolute atomic E-state index is 0.465. The number of ether oxygens (including phenoxy) is 1. The summed E-state index contributed by atoms with van der Waals surface area (Å²) in [6.45, 7) is 5.95. The molecule has 0 bridgehead atoms. The third-order valence-electron chi connectivity index (χ3n) is 2.38. The van der Waals surface area contributed by atoms with Gasteiger partial charge in [0.05, 0.1) is 13.2 Å². The predicted molar refractivity (Wildman–Crippen MR) is 64.7 cm³/mol. The topological polar surface area (TPSA) is 29.5 Å². The average molecular weight is 221 g/mol. The molecule has 0 spiro atoms. The Kier molecular flexibility index (Phi) is 4.99. The van der Waals surface area contributed by atoms with Crippen molar-refractivity contribution in [3.05, 3.63) is 29.3 Å². The number of carbonyl (C=O) groups is 1. The van der Waals surface area contributed by atoms with Crippen LogP contribution < -0.4 is 4.74 Å². The maximum Gasteiger partial charge on any atom is 0.133 e. The first-order chi connectivity index (χ1) is 7.67. The van der Waals surface area contributed by atoms with Crippen LogP contribution in [-0.4, -0.2) is 31.4 Å². The lowest BCUT2D eigenvalue weighted by Gasteiger charge is -2.14. The molecule has 0 fully saturated rings. The second-order valence-electron chi connectivity index (χ2n) is 3.90. The van der Waals surface area contributed by atoms with Crippen molar-refractivity contribution in [3.8, 4) is 5.75 Å². The molecule has 0 aromatic heterocycles. The summed E-state index contributed by atoms with van der Waals surface area (Å²) in [6.07, 6.45) is 0.918. The van der Waals surface area contributed by atoms with E-state index in [1.165, 1.54) is 5.56 Å². The molecule has 0 saturated carbocycles. The smallest absolute Gasteiger partial charge is 0.133 e. The number of nitrogens with zero attached hydrogens (tertiary/aromatic N) is 1. The molecule has 3 heteroatoms. The molecular weight excluding hydrogens is 202 g/mol. The highest BCUT2D eigenvalue weighted by atomic mass is 16.5. The number of likely N-dealkylation sites (N-methyl/N-ethyl adjacent to an activating group) is 1. The number of aldehydes is 1. The lowest BCUT2D eigenvalue weighted by Crippen LogP contribution is -2.19. The van der Waals surface area contributed by atoms with Crippen molar-refractivity contribution >= 4 is 6.29 Å². The largest absolute Gasteiger partial charge is 0.494 e. The van der Waals surface area contributed by atoms with E-state index in [9.17, 15) is 4.79 Å². The van der Waals surface area contributed by atoms with Crippen LogP contribution in [0.2, 0.25) is 0 Å². The zero-order valence-electron chi connectivity index (χ0n) is 10.2. The maximum absolute atomic E-state index is 10.4. The van der Waals surface area contributed by atoms with Gasteiger partial charge in [-0.3, -0.25) is 4.90 Å². The van der Waals surface area contributed by atoms with Gasteiger partial charge in [-0.15, -0.1) is 0 Å². The summed E-state index contributed by atoms with van der Waals surface area (Å²) in [5.41, 5.74) is 2.34. The molecule has 0 N–H and O–H groups in total. The molecule has 1 rings (SSSR count). The Hall–Kier alpha value is -1.35. The number of rotatable bonds is 6. The molecule has 0 aliphatic rings. The fourth-order valence-corrected chi connectivity index (χ4v) is 1.63. The number of carbonyl (C=O) groups excluding carboxylic acids is 1. The molecule has 1 aromatic rings. The number of benzene rings is 1. The Bertz CT molecular complexity index is 350. The van der Waals surface area contributed by atoms with Gasteiger partial charge in [0.2, 0.25) is 0 Å². The normalized spacial score (nSPS) is 10.5. The van der Waals surface area contributed by atoms with Crippen LogP contribution in [0.5, 0.6) is 5.75 Å². The lowest BCUT2D eigenvalue weighted by atomic mass is 10.1. The third-order valence-corrected chi connectivity index (χ3v) is 2.38. The van der Waals surface area contributed by atoms with Crippen LogP contribution in [0.4, 0.5) is 0 Å². The minimum atomic E-state index is 0.465. The molecule has 0 unspecified atom stereocenters. The van der Waals surface area contributed by atoms with E-state index < -0.39 is 0 Å². The summed E-state index contributed by atoms with van der Waals surface area (Å²) in [5, 5.41) is 0. The first-order valence-corrected chi connectivity index (χ1v) is 5.52. The molecule has 1 aromatic carbocycles. The van der Waals surface area contributed by atoms with Crippen LogP contribution in [0.3, 0.4) is 0 Å². The highest BCUT2D eigenvalue weighted by molar-refractivity contribution is 5.51. The van der Waals surface area contributed by atoms with Crippen molar-refractivity contribution < 1.29 is 9.53 Å². The fourth-order valence-electron chi connectivity index (χ4n) is 1.63. The first kappa shape index (κ1) is 12.7. The van der Waals surface area contributed by atoms with Gasteiger partial charge in [-0.05, 0) is 38.1 Å². The Balaban J connectivity index is 2.69. The van der Waals surface area contributed by atoms with Gasteiger partial charge in [0.15, 0.2) is 0 Å². The van der Waals surface area contributed by atoms with Crippen molar-refractivity contribution in [2.45, 2.75) is 20.4 Å². The lowest BCUT2D eigenvalue weighted by molar-refractivity contribution is -0.108. The van der Waals surface area contributed by atoms with E-state index in [2.05, 4.69) is 6.07 Å². The molecule has 0 aliphatic heterocycles. The number of aryl methyl sites for hydroxylation is 1. The van der Waals surface area contributed by atoms with Crippen LogP contribution in [0.1, 0.15) is 18.1 Å². The Morgan fingerprint density at radius 3 is 2.75 bits per heavy atom. The molecule has 0 saturated heterocycles. The maximum atomic E-state index is 10.4. The minimum Gasteiger partial charge on any atom is -0.494 e. The first-order valence-electron chi connectivity index (χ1n) is 5.52. The summed E-state index contributed by atoms with van der Waals surface area (Å²) in [7, 11) is 1.93. The van der Waals surface area contributed by atoms with E-state index in [4.69, 9.17) is 4.74 Å². The van der Waals surface area contributed by atoms with Gasteiger partial charge in [0, 0.05) is 6.54 Å². The van der Waals surface area contributed by atoms with E-state index in [0.29, 0.717) is 13.2 Å².